The van der Waals surface area contributed by atoms with E-state index in [1.54, 1.807) is 6.33 Å². The van der Waals surface area contributed by atoms with Gasteiger partial charge in [-0.05, 0) is 24.3 Å². The summed E-state index contributed by atoms with van der Waals surface area (Å²) < 4.78 is 2.06. The van der Waals surface area contributed by atoms with Crippen molar-refractivity contribution in [3.05, 3.63) is 84.1 Å². The number of hydrogen-bond acceptors (Lipinski definition) is 4. The number of hydrogen-bond donors (Lipinski definition) is 1. The second kappa shape index (κ2) is 5.82. The lowest BCUT2D eigenvalue weighted by molar-refractivity contribution is 0.195. The first kappa shape index (κ1) is 14.4. The first-order chi connectivity index (χ1) is 12.4. The van der Waals surface area contributed by atoms with Crippen LogP contribution in [0.3, 0.4) is 0 Å². The van der Waals surface area contributed by atoms with Crippen molar-refractivity contribution in [2.24, 2.45) is 0 Å². The molecule has 1 aliphatic rings. The van der Waals surface area contributed by atoms with Gasteiger partial charge in [-0.2, -0.15) is 0 Å². The van der Waals surface area contributed by atoms with Crippen LogP contribution in [0.1, 0.15) is 28.8 Å². The van der Waals surface area contributed by atoms with Crippen LogP contribution < -0.4 is 0 Å². The van der Waals surface area contributed by atoms with Gasteiger partial charge in [-0.3, -0.25) is 9.88 Å². The average molecular weight is 330 g/mol. The third-order valence-corrected chi connectivity index (χ3v) is 4.77. The molecule has 0 saturated heterocycles. The highest BCUT2D eigenvalue weighted by Crippen LogP contribution is 2.33. The summed E-state index contributed by atoms with van der Waals surface area (Å²) in [7, 11) is 0. The van der Waals surface area contributed by atoms with E-state index in [4.69, 9.17) is 4.98 Å². The lowest BCUT2D eigenvalue weighted by Gasteiger charge is -2.34. The summed E-state index contributed by atoms with van der Waals surface area (Å²) in [6.07, 6.45) is 8.73. The van der Waals surface area contributed by atoms with E-state index in [2.05, 4.69) is 36.5 Å². The Kier molecular flexibility index (Phi) is 3.34. The van der Waals surface area contributed by atoms with Gasteiger partial charge in [0.25, 0.3) is 0 Å². The molecule has 1 N–H and O–H groups in total. The highest BCUT2D eigenvalue weighted by molar-refractivity contribution is 5.39. The van der Waals surface area contributed by atoms with E-state index in [1.807, 2.05) is 42.7 Å². The number of imidazole rings is 2. The van der Waals surface area contributed by atoms with Crippen LogP contribution in [-0.2, 0) is 13.0 Å². The second-order valence-corrected chi connectivity index (χ2v) is 6.34. The molecule has 0 aromatic carbocycles. The highest BCUT2D eigenvalue weighted by Gasteiger charge is 2.32. The third-order valence-electron chi connectivity index (χ3n) is 4.77. The van der Waals surface area contributed by atoms with Gasteiger partial charge in [0, 0.05) is 43.8 Å². The third kappa shape index (κ3) is 2.51. The van der Waals surface area contributed by atoms with Crippen LogP contribution in [0.2, 0.25) is 0 Å². The Morgan fingerprint density at radius 3 is 2.96 bits per heavy atom. The van der Waals surface area contributed by atoms with E-state index in [0.29, 0.717) is 0 Å². The molecule has 0 amide bonds. The van der Waals surface area contributed by atoms with Crippen LogP contribution in [0.15, 0.2) is 61.3 Å². The molecule has 6 heteroatoms. The van der Waals surface area contributed by atoms with Crippen molar-refractivity contribution >= 4 is 5.65 Å². The predicted octanol–water partition coefficient (Wildman–Crippen LogP) is 2.60. The molecule has 0 aliphatic carbocycles. The van der Waals surface area contributed by atoms with E-state index in [0.717, 1.165) is 42.2 Å². The number of nitrogens with zero attached hydrogens (tertiary/aromatic N) is 5. The Morgan fingerprint density at radius 2 is 2.08 bits per heavy atom. The Balaban J connectivity index is 1.53. The fourth-order valence-electron chi connectivity index (χ4n) is 3.63. The van der Waals surface area contributed by atoms with Gasteiger partial charge >= 0.3 is 0 Å². The minimum Gasteiger partial charge on any atom is -0.348 e. The SMILES string of the molecule is c1ccc(C2c3nc[nH]c3CCN2Cc2cn3ccccc3n2)nc1. The van der Waals surface area contributed by atoms with Crippen LogP contribution in [0, 0.1) is 0 Å². The fraction of sp³-hybridized carbons (Fsp3) is 0.211. The van der Waals surface area contributed by atoms with Gasteiger partial charge < -0.3 is 9.38 Å². The molecule has 25 heavy (non-hydrogen) atoms. The van der Waals surface area contributed by atoms with Crippen molar-refractivity contribution in [3.8, 4) is 0 Å². The quantitative estimate of drug-likeness (QED) is 0.627. The zero-order valence-electron chi connectivity index (χ0n) is 13.7. The Hall–Kier alpha value is -2.99. The molecule has 124 valence electrons. The number of H-pyrrole nitrogens is 1. The molecule has 1 unspecified atom stereocenters. The van der Waals surface area contributed by atoms with E-state index in [9.17, 15) is 0 Å². The highest BCUT2D eigenvalue weighted by atomic mass is 15.2. The molecule has 1 atom stereocenters. The number of rotatable bonds is 3. The minimum atomic E-state index is 0.0565. The molecule has 4 aromatic rings. The molecule has 0 radical (unpaired) electrons. The van der Waals surface area contributed by atoms with Crippen molar-refractivity contribution in [1.29, 1.82) is 0 Å². The molecule has 5 heterocycles. The largest absolute Gasteiger partial charge is 0.348 e. The van der Waals surface area contributed by atoms with Crippen LogP contribution in [0.25, 0.3) is 5.65 Å². The average Bonchev–Trinajstić information content (AvgIpc) is 3.28. The summed E-state index contributed by atoms with van der Waals surface area (Å²) in [5.41, 5.74) is 5.35. The van der Waals surface area contributed by atoms with E-state index in [1.165, 1.54) is 5.69 Å². The van der Waals surface area contributed by atoms with Gasteiger partial charge in [0.2, 0.25) is 0 Å². The topological polar surface area (TPSA) is 62.1 Å². The Bertz CT molecular complexity index is 970. The summed E-state index contributed by atoms with van der Waals surface area (Å²) in [5.74, 6) is 0. The minimum absolute atomic E-state index is 0.0565. The number of nitrogens with one attached hydrogen (secondary N) is 1. The molecular formula is C19H18N6. The standard InChI is InChI=1S/C19H18N6/c1-3-8-20-16(5-1)19-18-15(21-13-22-18)7-10-25(19)12-14-11-24-9-4-2-6-17(24)23-14/h1-6,8-9,11,13,19H,7,10,12H2,(H,21,22). The lowest BCUT2D eigenvalue weighted by Crippen LogP contribution is -2.36. The summed E-state index contributed by atoms with van der Waals surface area (Å²) in [5, 5.41) is 0. The van der Waals surface area contributed by atoms with Gasteiger partial charge in [-0.15, -0.1) is 0 Å². The van der Waals surface area contributed by atoms with E-state index < -0.39 is 0 Å². The number of aromatic nitrogens is 5. The molecule has 0 spiro atoms. The number of pyridine rings is 2. The van der Waals surface area contributed by atoms with Crippen molar-refractivity contribution in [3.63, 3.8) is 0 Å². The van der Waals surface area contributed by atoms with E-state index in [-0.39, 0.29) is 6.04 Å². The molecule has 5 rings (SSSR count). The maximum absolute atomic E-state index is 4.75. The smallest absolute Gasteiger partial charge is 0.137 e. The van der Waals surface area contributed by atoms with Crippen molar-refractivity contribution in [2.75, 3.05) is 6.54 Å². The maximum atomic E-state index is 4.75. The number of fused-ring (bicyclic) bond motifs is 2. The monoisotopic (exact) mass is 330 g/mol. The van der Waals surface area contributed by atoms with Gasteiger partial charge in [-0.1, -0.05) is 12.1 Å². The van der Waals surface area contributed by atoms with Crippen LogP contribution in [0.5, 0.6) is 0 Å². The van der Waals surface area contributed by atoms with Crippen molar-refractivity contribution in [1.82, 2.24) is 29.2 Å². The summed E-state index contributed by atoms with van der Waals surface area (Å²) in [6.45, 7) is 1.72. The molecule has 4 aromatic heterocycles. The Labute approximate surface area is 145 Å². The van der Waals surface area contributed by atoms with Gasteiger partial charge in [0.05, 0.1) is 29.5 Å². The molecule has 0 saturated carbocycles. The lowest BCUT2D eigenvalue weighted by atomic mass is 9.99. The van der Waals surface area contributed by atoms with Gasteiger partial charge in [-0.25, -0.2) is 9.97 Å². The van der Waals surface area contributed by atoms with Crippen LogP contribution >= 0.6 is 0 Å². The predicted molar refractivity (Wildman–Crippen MR) is 94.0 cm³/mol. The van der Waals surface area contributed by atoms with E-state index >= 15 is 0 Å². The summed E-state index contributed by atoms with van der Waals surface area (Å²) >= 11 is 0. The van der Waals surface area contributed by atoms with Crippen LogP contribution in [-0.4, -0.2) is 35.8 Å². The molecule has 1 aliphatic heterocycles. The number of aromatic amines is 1. The summed E-state index contributed by atoms with van der Waals surface area (Å²) in [6, 6.07) is 12.2. The Morgan fingerprint density at radius 1 is 1.12 bits per heavy atom. The van der Waals surface area contributed by atoms with Crippen molar-refractivity contribution < 1.29 is 0 Å². The normalized spacial score (nSPS) is 17.7. The maximum Gasteiger partial charge on any atom is 0.137 e. The van der Waals surface area contributed by atoms with Crippen molar-refractivity contribution in [2.45, 2.75) is 19.0 Å². The first-order valence-corrected chi connectivity index (χ1v) is 8.48. The van der Waals surface area contributed by atoms with Gasteiger partial charge in [0.1, 0.15) is 5.65 Å². The fourth-order valence-corrected chi connectivity index (χ4v) is 3.63. The second-order valence-electron chi connectivity index (χ2n) is 6.34. The zero-order chi connectivity index (χ0) is 16.6. The first-order valence-electron chi connectivity index (χ1n) is 8.48. The van der Waals surface area contributed by atoms with Crippen LogP contribution in [0.4, 0.5) is 0 Å². The molecule has 0 fully saturated rings. The summed E-state index contributed by atoms with van der Waals surface area (Å²) in [4.78, 5) is 19.6. The van der Waals surface area contributed by atoms with Gasteiger partial charge in [0.15, 0.2) is 0 Å². The molecule has 0 bridgehead atoms. The zero-order valence-corrected chi connectivity index (χ0v) is 13.7. The molecular weight excluding hydrogens is 312 g/mol. The molecule has 6 nitrogen and oxygen atoms in total.